The van der Waals surface area contributed by atoms with Crippen LogP contribution >= 0.6 is 11.8 Å². The van der Waals surface area contributed by atoms with Gasteiger partial charge >= 0.3 is 35.5 Å². The van der Waals surface area contributed by atoms with Gasteiger partial charge in [0.1, 0.15) is 24.3 Å². The Labute approximate surface area is 204 Å². The van der Waals surface area contributed by atoms with E-state index in [0.717, 1.165) is 18.7 Å². The van der Waals surface area contributed by atoms with E-state index in [2.05, 4.69) is 5.32 Å². The summed E-state index contributed by atoms with van der Waals surface area (Å²) in [5, 5.41) is 23.9. The van der Waals surface area contributed by atoms with Gasteiger partial charge in [0.15, 0.2) is 6.10 Å². The van der Waals surface area contributed by atoms with Gasteiger partial charge in [0.25, 0.3) is 5.91 Å². The van der Waals surface area contributed by atoms with Crippen LogP contribution in [0.2, 0.25) is 0 Å². The zero-order valence-corrected chi connectivity index (χ0v) is 19.7. The molecule has 0 spiro atoms. The van der Waals surface area contributed by atoms with E-state index in [9.17, 15) is 34.2 Å². The first kappa shape index (κ1) is 25.3. The largest absolute Gasteiger partial charge is 1.00 e. The molecular weight excluding hydrogens is 439 g/mol. The summed E-state index contributed by atoms with van der Waals surface area (Å²) in [5.74, 6) is -3.44. The van der Waals surface area contributed by atoms with E-state index in [4.69, 9.17) is 4.74 Å². The number of ether oxygens (including phenoxy) is 1. The first-order valence-electron chi connectivity index (χ1n) is 8.99. The maximum atomic E-state index is 12.5. The number of benzene rings is 1. The molecule has 3 unspecified atom stereocenters. The number of hydrogen-bond donors (Lipinski definition) is 2. The molecule has 160 valence electrons. The Kier molecular flexibility index (Phi) is 8.28. The molecule has 2 heterocycles. The minimum atomic E-state index is -1.65. The Morgan fingerprint density at radius 2 is 2.10 bits per heavy atom. The average Bonchev–Trinajstić information content (AvgIpc) is 2.74. The van der Waals surface area contributed by atoms with Gasteiger partial charge in [-0.05, 0) is 0 Å². The fourth-order valence-electron chi connectivity index (χ4n) is 3.38. The average molecular weight is 458 g/mol. The molecule has 2 aliphatic rings. The summed E-state index contributed by atoms with van der Waals surface area (Å²) in [6.45, 7) is 0.505. The van der Waals surface area contributed by atoms with Crippen molar-refractivity contribution in [3.05, 3.63) is 35.4 Å². The predicted molar refractivity (Wildman–Crippen MR) is 101 cm³/mol. The number of nitrogens with one attached hydrogen (secondary N) is 1. The number of aliphatic hydroxyl groups excluding tert-OH is 1. The molecule has 31 heavy (non-hydrogen) atoms. The van der Waals surface area contributed by atoms with Gasteiger partial charge < -0.3 is 30.0 Å². The molecule has 4 atom stereocenters. The Morgan fingerprint density at radius 1 is 1.42 bits per heavy atom. The van der Waals surface area contributed by atoms with Crippen molar-refractivity contribution in [3.8, 4) is 0 Å². The summed E-state index contributed by atoms with van der Waals surface area (Å²) in [7, 11) is 0. The number of amides is 2. The molecule has 1 aromatic rings. The zero-order chi connectivity index (χ0) is 22.1. The number of aldehydes is 1. The van der Waals surface area contributed by atoms with Crippen molar-refractivity contribution in [2.75, 3.05) is 18.9 Å². The number of fused-ring (bicyclic) bond motifs is 1. The van der Waals surface area contributed by atoms with Crippen LogP contribution < -0.4 is 40.0 Å². The number of esters is 1. The van der Waals surface area contributed by atoms with Gasteiger partial charge in [0.05, 0.1) is 11.4 Å². The van der Waals surface area contributed by atoms with Gasteiger partial charge in [-0.25, -0.2) is 0 Å². The monoisotopic (exact) mass is 458 g/mol. The Hall–Kier alpha value is -1.92. The third-order valence-corrected chi connectivity index (χ3v) is 6.68. The van der Waals surface area contributed by atoms with Crippen LogP contribution in [0.4, 0.5) is 0 Å². The number of aliphatic hydroxyl groups is 1. The van der Waals surface area contributed by atoms with Gasteiger partial charge in [0.2, 0.25) is 5.91 Å². The Morgan fingerprint density at radius 3 is 2.71 bits per heavy atom. The number of carboxylic acid groups (broad SMARTS) is 1. The molecule has 0 bridgehead atoms. The maximum Gasteiger partial charge on any atom is 1.00 e. The van der Waals surface area contributed by atoms with Gasteiger partial charge in [-0.2, -0.15) is 0 Å². The molecule has 1 aromatic carbocycles. The van der Waals surface area contributed by atoms with Crippen molar-refractivity contribution in [2.45, 2.75) is 24.4 Å². The molecule has 0 aliphatic carbocycles. The van der Waals surface area contributed by atoms with E-state index in [1.165, 1.54) is 17.0 Å². The van der Waals surface area contributed by atoms with Gasteiger partial charge in [-0.3, -0.25) is 19.2 Å². The smallest absolute Gasteiger partial charge is 0.549 e. The first-order chi connectivity index (χ1) is 14.2. The van der Waals surface area contributed by atoms with E-state index in [1.54, 1.807) is 12.1 Å². The normalized spacial score (nSPS) is 25.2. The minimum Gasteiger partial charge on any atom is -0.549 e. The van der Waals surface area contributed by atoms with Gasteiger partial charge in [-0.15, -0.1) is 11.8 Å². The van der Waals surface area contributed by atoms with Crippen LogP contribution in [0.1, 0.15) is 28.9 Å². The third-order valence-electron chi connectivity index (χ3n) is 5.09. The molecule has 3 rings (SSSR count). The molecule has 2 amide bonds. The van der Waals surface area contributed by atoms with Crippen LogP contribution in [0.5, 0.6) is 0 Å². The molecule has 2 fully saturated rings. The third kappa shape index (κ3) is 4.96. The van der Waals surface area contributed by atoms with Crippen molar-refractivity contribution in [1.29, 1.82) is 0 Å². The predicted octanol–water partition coefficient (Wildman–Crippen LogP) is -4.76. The topological polar surface area (TPSA) is 153 Å². The van der Waals surface area contributed by atoms with E-state index in [1.807, 2.05) is 0 Å². The molecular formula is C19H19N2NaO8S. The second kappa shape index (κ2) is 10.1. The summed E-state index contributed by atoms with van der Waals surface area (Å²) in [6.07, 6.45) is -1.13. The zero-order valence-electron chi connectivity index (χ0n) is 16.9. The quantitative estimate of drug-likeness (QED) is 0.177. The van der Waals surface area contributed by atoms with Crippen molar-refractivity contribution < 1.29 is 68.5 Å². The number of aliphatic carboxylic acids is 1. The number of nitrogens with zero attached hydrogens (tertiary/aromatic N) is 1. The second-order valence-electron chi connectivity index (χ2n) is 7.15. The van der Waals surface area contributed by atoms with E-state index < -0.39 is 53.3 Å². The van der Waals surface area contributed by atoms with Crippen molar-refractivity contribution in [2.24, 2.45) is 5.41 Å². The maximum absolute atomic E-state index is 12.5. The summed E-state index contributed by atoms with van der Waals surface area (Å²) in [5.41, 5.74) is -1.28. The fourth-order valence-corrected chi connectivity index (χ4v) is 4.90. The van der Waals surface area contributed by atoms with Crippen LogP contribution in [0.25, 0.3) is 0 Å². The van der Waals surface area contributed by atoms with Crippen LogP contribution in [0, 0.1) is 5.41 Å². The molecule has 10 nitrogen and oxygen atoms in total. The Bertz CT molecular complexity index is 913. The SMILES string of the molecule is CC(=O)OCC1(C(=O)[O-])CS[C@@H]2C(NC(=O)C(O)c3ccccc3C=O)C(=O)N2C1.[Na+]. The van der Waals surface area contributed by atoms with Gasteiger partial charge in [0, 0.05) is 30.3 Å². The second-order valence-corrected chi connectivity index (χ2v) is 8.26. The molecule has 12 heteroatoms. The van der Waals surface area contributed by atoms with Crippen molar-refractivity contribution in [3.63, 3.8) is 0 Å². The van der Waals surface area contributed by atoms with Gasteiger partial charge in [-0.1, -0.05) is 24.3 Å². The summed E-state index contributed by atoms with van der Waals surface area (Å²) in [4.78, 5) is 60.0. The molecule has 2 N–H and O–H groups in total. The molecule has 2 saturated heterocycles. The molecule has 0 radical (unpaired) electrons. The number of hydrogen-bond acceptors (Lipinski definition) is 9. The van der Waals surface area contributed by atoms with Crippen LogP contribution in [-0.2, 0) is 23.9 Å². The number of carbonyl (C=O) groups excluding carboxylic acids is 5. The molecule has 2 aliphatic heterocycles. The number of thioether (sulfide) groups is 1. The van der Waals surface area contributed by atoms with E-state index in [0.29, 0.717) is 6.29 Å². The van der Waals surface area contributed by atoms with Crippen molar-refractivity contribution in [1.82, 2.24) is 10.2 Å². The number of carboxylic acids is 1. The summed E-state index contributed by atoms with van der Waals surface area (Å²) >= 11 is 1.11. The van der Waals surface area contributed by atoms with Crippen molar-refractivity contribution >= 4 is 41.8 Å². The number of carbonyl (C=O) groups is 5. The summed E-state index contributed by atoms with van der Waals surface area (Å²) in [6, 6.07) is 5.09. The Balaban J connectivity index is 0.00000341. The number of rotatable bonds is 7. The standard InChI is InChI=1S/C19H20N2O8S.Na/c1-10(23)29-8-19(18(27)28)7-21-16(26)13(17(21)30-9-19)20-15(25)14(24)12-5-3-2-4-11(12)6-22;/h2-6,13-14,17,24H,7-9H2,1H3,(H,20,25)(H,27,28);/q;+1/p-1/t13?,14?,17-,19?;/m1./s1. The van der Waals surface area contributed by atoms with E-state index in [-0.39, 0.29) is 53.0 Å². The van der Waals surface area contributed by atoms with Crippen LogP contribution in [-0.4, -0.2) is 70.4 Å². The summed E-state index contributed by atoms with van der Waals surface area (Å²) < 4.78 is 4.84. The first-order valence-corrected chi connectivity index (χ1v) is 10.0. The minimum absolute atomic E-state index is 0. The molecule has 0 aromatic heterocycles. The fraction of sp³-hybridized carbons (Fsp3) is 0.421. The van der Waals surface area contributed by atoms with E-state index >= 15 is 0 Å². The number of β-lactam (4-membered cyclic amide) rings is 1. The molecule has 0 saturated carbocycles. The van der Waals surface area contributed by atoms with Crippen LogP contribution in [0.3, 0.4) is 0 Å². The van der Waals surface area contributed by atoms with Crippen LogP contribution in [0.15, 0.2) is 24.3 Å².